The molecule has 1 aliphatic rings. The second kappa shape index (κ2) is 13.8. The lowest BCUT2D eigenvalue weighted by Gasteiger charge is -2.14. The van der Waals surface area contributed by atoms with Crippen LogP contribution in [0.3, 0.4) is 0 Å². The molecule has 27 heavy (non-hydrogen) atoms. The number of benzene rings is 1. The summed E-state index contributed by atoms with van der Waals surface area (Å²) in [6.45, 7) is 4.72. The highest BCUT2D eigenvalue weighted by molar-refractivity contribution is 14.0. The van der Waals surface area contributed by atoms with Gasteiger partial charge in [0.1, 0.15) is 0 Å². The summed E-state index contributed by atoms with van der Waals surface area (Å²) in [6, 6.07) is 5.86. The minimum atomic E-state index is 0. The summed E-state index contributed by atoms with van der Waals surface area (Å²) in [5, 5.41) is 6.59. The Morgan fingerprint density at radius 2 is 2.04 bits per heavy atom. The van der Waals surface area contributed by atoms with Crippen molar-refractivity contribution in [1.29, 1.82) is 0 Å². The molecule has 0 amide bonds. The van der Waals surface area contributed by atoms with Gasteiger partial charge in [-0.15, -0.1) is 24.0 Å². The zero-order valence-electron chi connectivity index (χ0n) is 16.5. The first-order valence-corrected chi connectivity index (χ1v) is 9.07. The quantitative estimate of drug-likeness (QED) is 0.226. The Hall–Kier alpha value is -1.26. The van der Waals surface area contributed by atoms with E-state index >= 15 is 0 Å². The predicted molar refractivity (Wildman–Crippen MR) is 118 cm³/mol. The predicted octanol–water partition coefficient (Wildman–Crippen LogP) is 2.43. The molecule has 2 rings (SSSR count). The Bertz CT molecular complexity index is 566. The molecule has 0 radical (unpaired) electrons. The van der Waals surface area contributed by atoms with E-state index in [9.17, 15) is 0 Å². The SMILES string of the molecule is CN=C(NCCCOCC1CCOC1)NCc1ccc(OC)c(OC)c1.I. The highest BCUT2D eigenvalue weighted by Gasteiger charge is 2.15. The third-order valence-corrected chi connectivity index (χ3v) is 4.27. The smallest absolute Gasteiger partial charge is 0.191 e. The second-order valence-electron chi connectivity index (χ2n) is 6.20. The van der Waals surface area contributed by atoms with Gasteiger partial charge in [0.15, 0.2) is 17.5 Å². The fraction of sp³-hybridized carbons (Fsp3) is 0.632. The summed E-state index contributed by atoms with van der Waals surface area (Å²) in [7, 11) is 5.03. The normalized spacial score (nSPS) is 16.6. The molecular weight excluding hydrogens is 461 g/mol. The number of hydrogen-bond acceptors (Lipinski definition) is 5. The number of nitrogens with zero attached hydrogens (tertiary/aromatic N) is 1. The zero-order chi connectivity index (χ0) is 18.6. The van der Waals surface area contributed by atoms with Crippen molar-refractivity contribution < 1.29 is 18.9 Å². The topological polar surface area (TPSA) is 73.3 Å². The average molecular weight is 493 g/mol. The van der Waals surface area contributed by atoms with E-state index in [0.29, 0.717) is 12.5 Å². The van der Waals surface area contributed by atoms with Crippen molar-refractivity contribution in [3.63, 3.8) is 0 Å². The minimum absolute atomic E-state index is 0. The van der Waals surface area contributed by atoms with Crippen molar-refractivity contribution >= 4 is 29.9 Å². The van der Waals surface area contributed by atoms with E-state index in [0.717, 1.165) is 68.8 Å². The fourth-order valence-corrected chi connectivity index (χ4v) is 2.74. The Balaban J connectivity index is 0.00000364. The van der Waals surface area contributed by atoms with Gasteiger partial charge in [-0.05, 0) is 30.5 Å². The van der Waals surface area contributed by atoms with Crippen molar-refractivity contribution in [1.82, 2.24) is 10.6 Å². The summed E-state index contributed by atoms with van der Waals surface area (Å²) in [4.78, 5) is 4.24. The van der Waals surface area contributed by atoms with E-state index < -0.39 is 0 Å². The van der Waals surface area contributed by atoms with Crippen LogP contribution in [-0.2, 0) is 16.0 Å². The minimum Gasteiger partial charge on any atom is -0.493 e. The number of halogens is 1. The van der Waals surface area contributed by atoms with E-state index in [1.807, 2.05) is 18.2 Å². The first-order valence-electron chi connectivity index (χ1n) is 9.07. The second-order valence-corrected chi connectivity index (χ2v) is 6.20. The molecule has 1 atom stereocenters. The number of nitrogens with one attached hydrogen (secondary N) is 2. The first-order chi connectivity index (χ1) is 12.8. The van der Waals surface area contributed by atoms with Crippen LogP contribution in [0.15, 0.2) is 23.2 Å². The van der Waals surface area contributed by atoms with Crippen LogP contribution in [0.25, 0.3) is 0 Å². The van der Waals surface area contributed by atoms with Crippen molar-refractivity contribution in [2.75, 3.05) is 54.2 Å². The number of rotatable bonds is 10. The van der Waals surface area contributed by atoms with Gasteiger partial charge in [-0.3, -0.25) is 4.99 Å². The number of methoxy groups -OCH3 is 2. The van der Waals surface area contributed by atoms with Crippen LogP contribution in [0.4, 0.5) is 0 Å². The molecule has 1 saturated heterocycles. The fourth-order valence-electron chi connectivity index (χ4n) is 2.74. The summed E-state index contributed by atoms with van der Waals surface area (Å²) in [6.07, 6.45) is 2.05. The Morgan fingerprint density at radius 1 is 1.22 bits per heavy atom. The molecule has 1 fully saturated rings. The van der Waals surface area contributed by atoms with Crippen LogP contribution in [0.5, 0.6) is 11.5 Å². The molecule has 1 unspecified atom stereocenters. The Morgan fingerprint density at radius 3 is 2.70 bits per heavy atom. The van der Waals surface area contributed by atoms with Crippen molar-refractivity contribution in [3.8, 4) is 11.5 Å². The standard InChI is InChI=1S/C19H31N3O4.HI/c1-20-19(21-8-4-9-25-13-16-7-10-26-14-16)22-12-15-5-6-17(23-2)18(11-15)24-3;/h5-6,11,16H,4,7-10,12-14H2,1-3H3,(H2,20,21,22);1H. The van der Waals surface area contributed by atoms with E-state index in [-0.39, 0.29) is 24.0 Å². The van der Waals surface area contributed by atoms with E-state index in [2.05, 4.69) is 15.6 Å². The highest BCUT2D eigenvalue weighted by atomic mass is 127. The third kappa shape index (κ3) is 8.52. The molecule has 2 N–H and O–H groups in total. The van der Waals surface area contributed by atoms with Gasteiger partial charge in [-0.25, -0.2) is 0 Å². The molecule has 0 aliphatic carbocycles. The molecule has 1 heterocycles. The molecule has 0 aromatic heterocycles. The lowest BCUT2D eigenvalue weighted by Crippen LogP contribution is -2.37. The third-order valence-electron chi connectivity index (χ3n) is 4.27. The van der Waals surface area contributed by atoms with Gasteiger partial charge in [0.05, 0.1) is 27.4 Å². The number of aliphatic imine (C=N–C) groups is 1. The maximum atomic E-state index is 5.70. The largest absolute Gasteiger partial charge is 0.493 e. The molecule has 1 aromatic rings. The summed E-state index contributed by atoms with van der Waals surface area (Å²) in [5.74, 6) is 2.78. The van der Waals surface area contributed by atoms with Gasteiger partial charge >= 0.3 is 0 Å². The summed E-state index contributed by atoms with van der Waals surface area (Å²) >= 11 is 0. The molecule has 8 heteroatoms. The molecule has 1 aliphatic heterocycles. The van der Waals surface area contributed by atoms with E-state index in [4.69, 9.17) is 18.9 Å². The van der Waals surface area contributed by atoms with E-state index in [1.54, 1.807) is 21.3 Å². The molecule has 0 saturated carbocycles. The molecular formula is C19H32IN3O4. The molecule has 154 valence electrons. The van der Waals surface area contributed by atoms with Crippen LogP contribution >= 0.6 is 24.0 Å². The maximum absolute atomic E-state index is 5.70. The Labute approximate surface area is 179 Å². The summed E-state index contributed by atoms with van der Waals surface area (Å²) in [5.41, 5.74) is 1.09. The van der Waals surface area contributed by atoms with Gasteiger partial charge in [-0.1, -0.05) is 6.07 Å². The van der Waals surface area contributed by atoms with Gasteiger partial charge < -0.3 is 29.6 Å². The van der Waals surface area contributed by atoms with Gasteiger partial charge in [-0.2, -0.15) is 0 Å². The van der Waals surface area contributed by atoms with Crippen LogP contribution in [-0.4, -0.2) is 60.2 Å². The number of guanidine groups is 1. The first kappa shape index (κ1) is 23.8. The average Bonchev–Trinajstić information content (AvgIpc) is 3.20. The van der Waals surface area contributed by atoms with Gasteiger partial charge in [0.25, 0.3) is 0 Å². The number of hydrogen-bond donors (Lipinski definition) is 2. The summed E-state index contributed by atoms with van der Waals surface area (Å²) < 4.78 is 21.6. The molecule has 1 aromatic carbocycles. The van der Waals surface area contributed by atoms with Crippen molar-refractivity contribution in [2.24, 2.45) is 10.9 Å². The zero-order valence-corrected chi connectivity index (χ0v) is 18.8. The van der Waals surface area contributed by atoms with Gasteiger partial charge in [0.2, 0.25) is 0 Å². The van der Waals surface area contributed by atoms with E-state index in [1.165, 1.54) is 0 Å². The van der Waals surface area contributed by atoms with Crippen molar-refractivity contribution in [3.05, 3.63) is 23.8 Å². The molecule has 0 bridgehead atoms. The van der Waals surface area contributed by atoms with Crippen LogP contribution in [0, 0.1) is 5.92 Å². The monoisotopic (exact) mass is 493 g/mol. The van der Waals surface area contributed by atoms with Crippen LogP contribution in [0.2, 0.25) is 0 Å². The van der Waals surface area contributed by atoms with Crippen LogP contribution in [0.1, 0.15) is 18.4 Å². The highest BCUT2D eigenvalue weighted by Crippen LogP contribution is 2.27. The van der Waals surface area contributed by atoms with Crippen molar-refractivity contribution in [2.45, 2.75) is 19.4 Å². The lowest BCUT2D eigenvalue weighted by molar-refractivity contribution is 0.0888. The van der Waals surface area contributed by atoms with Gasteiger partial charge in [0, 0.05) is 39.3 Å². The lowest BCUT2D eigenvalue weighted by atomic mass is 10.1. The number of ether oxygens (including phenoxy) is 4. The maximum Gasteiger partial charge on any atom is 0.191 e. The molecule has 0 spiro atoms. The van der Waals surface area contributed by atoms with Crippen LogP contribution < -0.4 is 20.1 Å². The molecule has 7 nitrogen and oxygen atoms in total. The Kier molecular flexibility index (Phi) is 12.2.